The van der Waals surface area contributed by atoms with Crippen molar-refractivity contribution >= 4 is 51.0 Å². The molecule has 0 heterocycles. The van der Waals surface area contributed by atoms with Crippen LogP contribution < -0.4 is 23.9 Å². The number of halogens is 2. The van der Waals surface area contributed by atoms with E-state index in [0.717, 1.165) is 10.6 Å². The number of carbonyl (C=O) groups excluding carboxylic acids is 1. The van der Waals surface area contributed by atoms with Gasteiger partial charge in [0.2, 0.25) is 15.8 Å². The van der Waals surface area contributed by atoms with Gasteiger partial charge in [-0.25, -0.2) is 13.8 Å². The van der Waals surface area contributed by atoms with Gasteiger partial charge in [-0.1, -0.05) is 29.3 Å². The molecule has 0 fully saturated rings. The summed E-state index contributed by atoms with van der Waals surface area (Å²) in [4.78, 5) is 12.3. The minimum absolute atomic E-state index is 0.0170. The number of rotatable bonds is 9. The van der Waals surface area contributed by atoms with E-state index in [1.165, 1.54) is 45.7 Å². The van der Waals surface area contributed by atoms with E-state index in [9.17, 15) is 13.2 Å². The number of nitrogens with one attached hydrogen (secondary N) is 1. The lowest BCUT2D eigenvalue weighted by Gasteiger charge is -2.22. The van der Waals surface area contributed by atoms with Crippen molar-refractivity contribution in [3.63, 3.8) is 0 Å². The Labute approximate surface area is 190 Å². The van der Waals surface area contributed by atoms with Crippen LogP contribution in [0.25, 0.3) is 0 Å². The zero-order valence-electron chi connectivity index (χ0n) is 17.2. The van der Waals surface area contributed by atoms with E-state index in [1.54, 1.807) is 12.1 Å². The maximum absolute atomic E-state index is 12.3. The fourth-order valence-corrected chi connectivity index (χ4v) is 3.90. The molecule has 1 N–H and O–H groups in total. The Morgan fingerprint density at radius 1 is 1.13 bits per heavy atom. The molecule has 2 aromatic rings. The summed E-state index contributed by atoms with van der Waals surface area (Å²) in [7, 11) is 0.602. The molecule has 12 heteroatoms. The number of benzene rings is 2. The number of amides is 1. The Bertz CT molecular complexity index is 1070. The number of hydrogen-bond acceptors (Lipinski definition) is 7. The molecule has 2 rings (SSSR count). The lowest BCUT2D eigenvalue weighted by molar-refractivity contribution is -0.119. The largest absolute Gasteiger partial charge is 0.493 e. The van der Waals surface area contributed by atoms with Crippen LogP contribution in [-0.2, 0) is 14.8 Å². The third-order valence-electron chi connectivity index (χ3n) is 3.98. The van der Waals surface area contributed by atoms with E-state index in [2.05, 4.69) is 10.5 Å². The van der Waals surface area contributed by atoms with Gasteiger partial charge in [0.1, 0.15) is 6.54 Å². The average Bonchev–Trinajstić information content (AvgIpc) is 2.72. The zero-order valence-corrected chi connectivity index (χ0v) is 19.5. The molecule has 0 aromatic heterocycles. The highest BCUT2D eigenvalue weighted by Crippen LogP contribution is 2.37. The fourth-order valence-electron chi connectivity index (χ4n) is 2.59. The van der Waals surface area contributed by atoms with Crippen LogP contribution in [0.5, 0.6) is 17.2 Å². The molecule has 0 spiro atoms. The van der Waals surface area contributed by atoms with E-state index >= 15 is 0 Å². The van der Waals surface area contributed by atoms with E-state index in [-0.39, 0.29) is 15.7 Å². The number of nitrogens with zero attached hydrogens (tertiary/aromatic N) is 2. The molecule has 0 aliphatic rings. The van der Waals surface area contributed by atoms with Crippen LogP contribution in [0, 0.1) is 0 Å². The Morgan fingerprint density at radius 3 is 2.26 bits per heavy atom. The maximum atomic E-state index is 12.3. The number of hydrazone groups is 1. The van der Waals surface area contributed by atoms with Crippen LogP contribution in [-0.4, -0.2) is 54.7 Å². The van der Waals surface area contributed by atoms with Gasteiger partial charge in [-0.15, -0.1) is 0 Å². The van der Waals surface area contributed by atoms with Gasteiger partial charge in [0.25, 0.3) is 5.91 Å². The molecule has 0 saturated carbocycles. The quantitative estimate of drug-likeness (QED) is 0.428. The van der Waals surface area contributed by atoms with Gasteiger partial charge >= 0.3 is 0 Å². The summed E-state index contributed by atoms with van der Waals surface area (Å²) in [6.45, 7) is -0.550. The number of anilines is 1. The van der Waals surface area contributed by atoms with Crippen molar-refractivity contribution in [3.05, 3.63) is 45.9 Å². The number of ether oxygens (including phenoxy) is 3. The van der Waals surface area contributed by atoms with Crippen LogP contribution in [0.3, 0.4) is 0 Å². The van der Waals surface area contributed by atoms with Crippen LogP contribution in [0.4, 0.5) is 5.69 Å². The van der Waals surface area contributed by atoms with Crippen molar-refractivity contribution < 1.29 is 27.4 Å². The summed E-state index contributed by atoms with van der Waals surface area (Å²) >= 11 is 12.1. The summed E-state index contributed by atoms with van der Waals surface area (Å²) in [6, 6.07) is 7.75. The minimum Gasteiger partial charge on any atom is -0.493 e. The molecule has 1 amide bonds. The van der Waals surface area contributed by atoms with Gasteiger partial charge in [-0.3, -0.25) is 9.10 Å². The van der Waals surface area contributed by atoms with Crippen LogP contribution >= 0.6 is 23.2 Å². The van der Waals surface area contributed by atoms with Gasteiger partial charge in [-0.2, -0.15) is 5.10 Å². The first-order chi connectivity index (χ1) is 14.6. The van der Waals surface area contributed by atoms with Crippen LogP contribution in [0.15, 0.2) is 35.4 Å². The first-order valence-corrected chi connectivity index (χ1v) is 11.3. The van der Waals surface area contributed by atoms with Gasteiger partial charge in [-0.05, 0) is 24.3 Å². The molecular formula is C19H21Cl2N3O6S. The first kappa shape index (κ1) is 24.6. The second kappa shape index (κ2) is 10.6. The SMILES string of the molecule is COc1cc(/C=N\NC(=O)CN(c2cccc(Cl)c2Cl)S(C)(=O)=O)cc(OC)c1OC. The summed E-state index contributed by atoms with van der Waals surface area (Å²) in [6.07, 6.45) is 2.30. The molecule has 0 aliphatic heterocycles. The molecule has 2 aromatic carbocycles. The van der Waals surface area contributed by atoms with Crippen molar-refractivity contribution in [1.29, 1.82) is 0 Å². The van der Waals surface area contributed by atoms with E-state index in [4.69, 9.17) is 37.4 Å². The molecular weight excluding hydrogens is 469 g/mol. The Morgan fingerprint density at radius 2 is 1.74 bits per heavy atom. The smallest absolute Gasteiger partial charge is 0.260 e. The molecule has 0 aliphatic carbocycles. The van der Waals surface area contributed by atoms with Crippen molar-refractivity contribution in [2.45, 2.75) is 0 Å². The fraction of sp³-hybridized carbons (Fsp3) is 0.263. The average molecular weight is 490 g/mol. The van der Waals surface area contributed by atoms with Gasteiger partial charge in [0, 0.05) is 5.56 Å². The Balaban J connectivity index is 2.19. The molecule has 9 nitrogen and oxygen atoms in total. The van der Waals surface area contributed by atoms with Gasteiger partial charge in [0.05, 0.1) is 49.5 Å². The molecule has 0 unspecified atom stereocenters. The molecule has 168 valence electrons. The molecule has 0 bridgehead atoms. The predicted octanol–water partition coefficient (Wildman–Crippen LogP) is 2.94. The van der Waals surface area contributed by atoms with Crippen LogP contribution in [0.2, 0.25) is 10.0 Å². The Hall–Kier alpha value is -2.69. The number of carbonyl (C=O) groups is 1. The lowest BCUT2D eigenvalue weighted by Crippen LogP contribution is -2.39. The minimum atomic E-state index is -3.82. The third-order valence-corrected chi connectivity index (χ3v) is 5.91. The topological polar surface area (TPSA) is 107 Å². The van der Waals surface area contributed by atoms with Gasteiger partial charge in [0.15, 0.2) is 11.5 Å². The molecule has 0 atom stereocenters. The summed E-state index contributed by atoms with van der Waals surface area (Å²) in [5, 5.41) is 4.04. The monoisotopic (exact) mass is 489 g/mol. The molecule has 0 radical (unpaired) electrons. The highest BCUT2D eigenvalue weighted by Gasteiger charge is 2.23. The zero-order chi connectivity index (χ0) is 23.2. The van der Waals surface area contributed by atoms with Crippen molar-refractivity contribution in [1.82, 2.24) is 5.43 Å². The normalized spacial score (nSPS) is 11.3. The number of sulfonamides is 1. The Kier molecular flexibility index (Phi) is 8.37. The van der Waals surface area contributed by atoms with Crippen molar-refractivity contribution in [3.8, 4) is 17.2 Å². The molecule has 31 heavy (non-hydrogen) atoms. The maximum Gasteiger partial charge on any atom is 0.260 e. The predicted molar refractivity (Wildman–Crippen MR) is 120 cm³/mol. The van der Waals surface area contributed by atoms with Crippen LogP contribution in [0.1, 0.15) is 5.56 Å². The summed E-state index contributed by atoms with van der Waals surface area (Å²) in [5.74, 6) is 0.542. The lowest BCUT2D eigenvalue weighted by atomic mass is 10.2. The summed E-state index contributed by atoms with van der Waals surface area (Å²) < 4.78 is 41.0. The van der Waals surface area contributed by atoms with Crippen molar-refractivity contribution in [2.24, 2.45) is 5.10 Å². The first-order valence-electron chi connectivity index (χ1n) is 8.66. The molecule has 0 saturated heterocycles. The van der Waals surface area contributed by atoms with E-state index in [1.807, 2.05) is 0 Å². The second-order valence-electron chi connectivity index (χ2n) is 6.09. The summed E-state index contributed by atoms with van der Waals surface area (Å²) in [5.41, 5.74) is 2.91. The number of methoxy groups -OCH3 is 3. The van der Waals surface area contributed by atoms with Crippen molar-refractivity contribution in [2.75, 3.05) is 38.4 Å². The van der Waals surface area contributed by atoms with Gasteiger partial charge < -0.3 is 14.2 Å². The highest BCUT2D eigenvalue weighted by molar-refractivity contribution is 7.92. The third kappa shape index (κ3) is 6.16. The van der Waals surface area contributed by atoms with E-state index in [0.29, 0.717) is 22.8 Å². The second-order valence-corrected chi connectivity index (χ2v) is 8.79. The highest BCUT2D eigenvalue weighted by atomic mass is 35.5. The number of hydrogen-bond donors (Lipinski definition) is 1. The standard InChI is InChI=1S/C19H21Cl2N3O6S/c1-28-15-8-12(9-16(29-2)19(15)30-3)10-22-23-17(25)11-24(31(4,26)27)14-7-5-6-13(20)18(14)21/h5-10H,11H2,1-4H3,(H,23,25)/b22-10-. The van der Waals surface area contributed by atoms with E-state index < -0.39 is 22.5 Å².